The molecule has 2 nitrogen and oxygen atoms in total. The molecule has 0 bridgehead atoms. The van der Waals surface area contributed by atoms with E-state index in [4.69, 9.17) is 27.9 Å². The highest BCUT2D eigenvalue weighted by Gasteiger charge is 2.13. The molecule has 94 valence electrons. The monoisotopic (exact) mass is 282 g/mol. The Bertz CT molecular complexity index is 606. The van der Waals surface area contributed by atoms with Crippen molar-refractivity contribution in [2.75, 3.05) is 7.11 Å². The summed E-state index contributed by atoms with van der Waals surface area (Å²) in [5.74, 6) is 0.527. The second-order valence-electron chi connectivity index (χ2n) is 4.00. The van der Waals surface area contributed by atoms with Gasteiger partial charge in [-0.3, -0.25) is 4.79 Å². The number of alkyl halides is 1. The molecule has 0 saturated carbocycles. The summed E-state index contributed by atoms with van der Waals surface area (Å²) in [5.41, 5.74) is 0.589. The lowest BCUT2D eigenvalue weighted by molar-refractivity contribution is 0.0992. The summed E-state index contributed by atoms with van der Waals surface area (Å²) in [4.78, 5) is 11.8. The number of methoxy groups -OCH3 is 1. The molecule has 0 unspecified atom stereocenters. The van der Waals surface area contributed by atoms with E-state index in [-0.39, 0.29) is 5.78 Å². The van der Waals surface area contributed by atoms with E-state index in [1.807, 2.05) is 12.1 Å². The lowest BCUT2D eigenvalue weighted by Gasteiger charge is -2.08. The molecule has 2 aromatic rings. The number of carbonyl (C=O) groups is 1. The van der Waals surface area contributed by atoms with E-state index < -0.39 is 5.38 Å². The van der Waals surface area contributed by atoms with Crippen molar-refractivity contribution in [1.82, 2.24) is 0 Å². The van der Waals surface area contributed by atoms with Crippen LogP contribution in [0.2, 0.25) is 5.02 Å². The minimum absolute atomic E-state index is 0.0921. The third-order valence-electron chi connectivity index (χ3n) is 2.78. The van der Waals surface area contributed by atoms with E-state index in [9.17, 15) is 4.79 Å². The molecule has 0 radical (unpaired) electrons. The van der Waals surface area contributed by atoms with Gasteiger partial charge in [0.1, 0.15) is 5.75 Å². The summed E-state index contributed by atoms with van der Waals surface area (Å²) < 4.78 is 5.15. The number of carbonyl (C=O) groups excluding carboxylic acids is 1. The molecule has 0 aliphatic heterocycles. The molecule has 2 rings (SSSR count). The van der Waals surface area contributed by atoms with E-state index in [0.29, 0.717) is 16.3 Å². The van der Waals surface area contributed by atoms with Crippen molar-refractivity contribution in [3.05, 3.63) is 40.9 Å². The molecule has 0 N–H and O–H groups in total. The summed E-state index contributed by atoms with van der Waals surface area (Å²) in [6, 6.07) is 8.99. The van der Waals surface area contributed by atoms with Gasteiger partial charge in [-0.05, 0) is 24.4 Å². The first-order valence-corrected chi connectivity index (χ1v) is 6.30. The molecule has 0 fully saturated rings. The maximum absolute atomic E-state index is 11.8. The van der Waals surface area contributed by atoms with Crippen LogP contribution in [-0.4, -0.2) is 18.3 Å². The van der Waals surface area contributed by atoms with Gasteiger partial charge < -0.3 is 4.74 Å². The van der Waals surface area contributed by atoms with Gasteiger partial charge in [0.25, 0.3) is 0 Å². The Morgan fingerprint density at radius 1 is 1.28 bits per heavy atom. The third-order valence-corrected chi connectivity index (χ3v) is 3.37. The summed E-state index contributed by atoms with van der Waals surface area (Å²) >= 11 is 12.0. The first-order chi connectivity index (χ1) is 8.54. The molecule has 0 heterocycles. The van der Waals surface area contributed by atoms with Crippen molar-refractivity contribution < 1.29 is 9.53 Å². The highest BCUT2D eigenvalue weighted by atomic mass is 35.5. The maximum atomic E-state index is 11.8. The second-order valence-corrected chi connectivity index (χ2v) is 5.03. The van der Waals surface area contributed by atoms with Crippen molar-refractivity contribution in [1.29, 1.82) is 0 Å². The van der Waals surface area contributed by atoms with Crippen LogP contribution in [0.4, 0.5) is 0 Å². The van der Waals surface area contributed by atoms with E-state index in [0.717, 1.165) is 10.8 Å². The van der Waals surface area contributed by atoms with Crippen LogP contribution in [0.3, 0.4) is 0 Å². The molecular formula is C14H12Cl2O2. The zero-order valence-corrected chi connectivity index (χ0v) is 11.5. The first kappa shape index (κ1) is 13.2. The SMILES string of the molecule is COc1ccc2cc(C(=O)[C@H](C)Cl)ccc2c1Cl. The lowest BCUT2D eigenvalue weighted by atomic mass is 10.0. The van der Waals surface area contributed by atoms with Gasteiger partial charge in [-0.1, -0.05) is 29.8 Å². The minimum atomic E-state index is -0.531. The molecule has 0 saturated heterocycles. The fourth-order valence-electron chi connectivity index (χ4n) is 1.81. The smallest absolute Gasteiger partial charge is 0.180 e. The van der Waals surface area contributed by atoms with Gasteiger partial charge >= 0.3 is 0 Å². The third kappa shape index (κ3) is 2.31. The van der Waals surface area contributed by atoms with Crippen molar-refractivity contribution in [3.63, 3.8) is 0 Å². The number of rotatable bonds is 3. The Hall–Kier alpha value is -1.25. The van der Waals surface area contributed by atoms with Crippen molar-refractivity contribution in [2.24, 2.45) is 0 Å². The Balaban J connectivity index is 2.57. The van der Waals surface area contributed by atoms with Crippen molar-refractivity contribution in [2.45, 2.75) is 12.3 Å². The number of ether oxygens (including phenoxy) is 1. The zero-order chi connectivity index (χ0) is 13.3. The Morgan fingerprint density at radius 3 is 2.61 bits per heavy atom. The van der Waals surface area contributed by atoms with Crippen LogP contribution >= 0.6 is 23.2 Å². The quantitative estimate of drug-likeness (QED) is 0.619. The summed E-state index contributed by atoms with van der Waals surface area (Å²) in [5, 5.41) is 1.77. The van der Waals surface area contributed by atoms with Gasteiger partial charge in [0.15, 0.2) is 5.78 Å². The van der Waals surface area contributed by atoms with Gasteiger partial charge in [-0.25, -0.2) is 0 Å². The van der Waals surface area contributed by atoms with Crippen LogP contribution in [0.5, 0.6) is 5.75 Å². The van der Waals surface area contributed by atoms with Crippen LogP contribution in [0.1, 0.15) is 17.3 Å². The fraction of sp³-hybridized carbons (Fsp3) is 0.214. The Morgan fingerprint density at radius 2 is 2.00 bits per heavy atom. The summed E-state index contributed by atoms with van der Waals surface area (Å²) in [6.45, 7) is 1.66. The van der Waals surface area contributed by atoms with Crippen molar-refractivity contribution in [3.8, 4) is 5.75 Å². The fourth-order valence-corrected chi connectivity index (χ4v) is 2.25. The van der Waals surface area contributed by atoms with E-state index in [1.165, 1.54) is 0 Å². The summed E-state index contributed by atoms with van der Waals surface area (Å²) in [6.07, 6.45) is 0. The molecular weight excluding hydrogens is 271 g/mol. The zero-order valence-electron chi connectivity index (χ0n) is 10.0. The molecule has 0 spiro atoms. The molecule has 0 aromatic heterocycles. The molecule has 0 aliphatic carbocycles. The second kappa shape index (κ2) is 5.17. The predicted molar refractivity (Wildman–Crippen MR) is 75.2 cm³/mol. The van der Waals surface area contributed by atoms with Crippen molar-refractivity contribution >= 4 is 39.8 Å². The van der Waals surface area contributed by atoms with E-state index in [1.54, 1.807) is 32.2 Å². The topological polar surface area (TPSA) is 26.3 Å². The molecule has 1 atom stereocenters. The van der Waals surface area contributed by atoms with Gasteiger partial charge in [-0.15, -0.1) is 11.6 Å². The number of ketones is 1. The predicted octanol–water partition coefficient (Wildman–Crippen LogP) is 4.31. The number of fused-ring (bicyclic) bond motifs is 1. The van der Waals surface area contributed by atoms with Gasteiger partial charge in [0, 0.05) is 10.9 Å². The molecule has 4 heteroatoms. The highest BCUT2D eigenvalue weighted by Crippen LogP contribution is 2.33. The Labute approximate surface area is 115 Å². The van der Waals surface area contributed by atoms with Crippen LogP contribution in [0.25, 0.3) is 10.8 Å². The molecule has 2 aromatic carbocycles. The number of benzene rings is 2. The minimum Gasteiger partial charge on any atom is -0.495 e. The first-order valence-electron chi connectivity index (χ1n) is 5.49. The lowest BCUT2D eigenvalue weighted by Crippen LogP contribution is -2.10. The number of hydrogen-bond donors (Lipinski definition) is 0. The maximum Gasteiger partial charge on any atom is 0.180 e. The number of Topliss-reactive ketones (excluding diaryl/α,β-unsaturated/α-hetero) is 1. The van der Waals surface area contributed by atoms with Crippen LogP contribution in [0.15, 0.2) is 30.3 Å². The standard InChI is InChI=1S/C14H12Cl2O2/c1-8(15)14(17)10-3-5-11-9(7-10)4-6-12(18-2)13(11)16/h3-8H,1-2H3/t8-/m0/s1. The molecule has 0 aliphatic rings. The molecule has 18 heavy (non-hydrogen) atoms. The normalized spacial score (nSPS) is 12.4. The van der Waals surface area contributed by atoms with Crippen LogP contribution in [0, 0.1) is 0 Å². The van der Waals surface area contributed by atoms with E-state index in [2.05, 4.69) is 0 Å². The van der Waals surface area contributed by atoms with Gasteiger partial charge in [-0.2, -0.15) is 0 Å². The average molecular weight is 283 g/mol. The van der Waals surface area contributed by atoms with E-state index >= 15 is 0 Å². The summed E-state index contributed by atoms with van der Waals surface area (Å²) in [7, 11) is 1.57. The van der Waals surface area contributed by atoms with Gasteiger partial charge in [0.2, 0.25) is 0 Å². The Kier molecular flexibility index (Phi) is 3.79. The van der Waals surface area contributed by atoms with Crippen LogP contribution < -0.4 is 4.74 Å². The molecule has 0 amide bonds. The van der Waals surface area contributed by atoms with Gasteiger partial charge in [0.05, 0.1) is 17.5 Å². The average Bonchev–Trinajstić information content (AvgIpc) is 2.37. The number of hydrogen-bond acceptors (Lipinski definition) is 2. The largest absolute Gasteiger partial charge is 0.495 e. The van der Waals surface area contributed by atoms with Crippen LogP contribution in [-0.2, 0) is 0 Å². The number of halogens is 2. The highest BCUT2D eigenvalue weighted by molar-refractivity contribution is 6.37.